The summed E-state index contributed by atoms with van der Waals surface area (Å²) in [5, 5.41) is 8.03. The van der Waals surface area contributed by atoms with Gasteiger partial charge in [0.05, 0.1) is 4.90 Å². The van der Waals surface area contributed by atoms with Gasteiger partial charge in [0.2, 0.25) is 10.0 Å². The number of amides is 1. The average molecular weight is 329 g/mol. The molecular formula is C14H17ClN2O3S. The molecule has 1 aliphatic carbocycles. The van der Waals surface area contributed by atoms with Gasteiger partial charge in [0, 0.05) is 17.1 Å². The molecule has 0 saturated heterocycles. The smallest absolute Gasteiger partial charge is 0.251 e. The molecule has 0 heterocycles. The maximum atomic E-state index is 12.1. The van der Waals surface area contributed by atoms with E-state index in [9.17, 15) is 13.2 Å². The highest BCUT2D eigenvalue weighted by Gasteiger charge is 2.16. The number of sulfonamides is 1. The summed E-state index contributed by atoms with van der Waals surface area (Å²) >= 11 is 5.84. The molecule has 1 aromatic carbocycles. The third kappa shape index (κ3) is 4.56. The van der Waals surface area contributed by atoms with E-state index in [1.54, 1.807) is 0 Å². The van der Waals surface area contributed by atoms with Crippen LogP contribution in [0.15, 0.2) is 35.2 Å². The second-order valence-corrected chi connectivity index (χ2v) is 7.08. The van der Waals surface area contributed by atoms with Crippen molar-refractivity contribution in [2.75, 3.05) is 6.54 Å². The van der Waals surface area contributed by atoms with Gasteiger partial charge in [-0.25, -0.2) is 13.6 Å². The summed E-state index contributed by atoms with van der Waals surface area (Å²) < 4.78 is 22.7. The molecule has 0 radical (unpaired) electrons. The van der Waals surface area contributed by atoms with Crippen molar-refractivity contribution in [2.24, 2.45) is 11.1 Å². The molecule has 21 heavy (non-hydrogen) atoms. The van der Waals surface area contributed by atoms with Crippen LogP contribution in [0, 0.1) is 5.92 Å². The lowest BCUT2D eigenvalue weighted by Gasteiger charge is -2.18. The predicted octanol–water partition coefficient (Wildman–Crippen LogP) is 2.07. The van der Waals surface area contributed by atoms with Gasteiger partial charge in [-0.1, -0.05) is 23.8 Å². The van der Waals surface area contributed by atoms with E-state index < -0.39 is 10.0 Å². The van der Waals surface area contributed by atoms with Crippen LogP contribution in [0.5, 0.6) is 0 Å². The highest BCUT2D eigenvalue weighted by atomic mass is 35.5. The quantitative estimate of drug-likeness (QED) is 0.829. The van der Waals surface area contributed by atoms with Crippen LogP contribution in [0.2, 0.25) is 5.02 Å². The molecule has 1 atom stereocenters. The van der Waals surface area contributed by atoms with Gasteiger partial charge in [-0.05, 0) is 43.4 Å². The van der Waals surface area contributed by atoms with Crippen LogP contribution >= 0.6 is 11.6 Å². The number of carbonyl (C=O) groups excluding carboxylic acids is 1. The lowest BCUT2D eigenvalue weighted by molar-refractivity contribution is 0.0946. The predicted molar refractivity (Wildman–Crippen MR) is 81.6 cm³/mol. The standard InChI is InChI=1S/C14H17ClN2O3S/c15-12-6-11(7-13(8-12)21(16,19)20)14(18)17-9-10-4-2-1-3-5-10/h1-2,6-8,10H,3-5,9H2,(H,17,18)(H2,16,19,20). The van der Waals surface area contributed by atoms with Crippen molar-refractivity contribution in [3.05, 3.63) is 40.9 Å². The van der Waals surface area contributed by atoms with Crippen molar-refractivity contribution in [3.63, 3.8) is 0 Å². The van der Waals surface area contributed by atoms with E-state index in [0.29, 0.717) is 12.5 Å². The molecular weight excluding hydrogens is 312 g/mol. The number of hydrogen-bond donors (Lipinski definition) is 2. The normalized spacial score (nSPS) is 18.5. The molecule has 0 aliphatic heterocycles. The fraction of sp³-hybridized carbons (Fsp3) is 0.357. The van der Waals surface area contributed by atoms with Gasteiger partial charge in [-0.2, -0.15) is 0 Å². The summed E-state index contributed by atoms with van der Waals surface area (Å²) in [5.74, 6) is 0.0628. The zero-order chi connectivity index (χ0) is 15.5. The molecule has 7 heteroatoms. The number of carbonyl (C=O) groups is 1. The van der Waals surface area contributed by atoms with E-state index in [1.807, 2.05) is 0 Å². The first-order chi connectivity index (χ1) is 9.86. The van der Waals surface area contributed by atoms with E-state index in [0.717, 1.165) is 19.3 Å². The summed E-state index contributed by atoms with van der Waals surface area (Å²) in [7, 11) is -3.89. The monoisotopic (exact) mass is 328 g/mol. The van der Waals surface area contributed by atoms with E-state index in [2.05, 4.69) is 17.5 Å². The summed E-state index contributed by atoms with van der Waals surface area (Å²) in [6, 6.07) is 3.88. The van der Waals surface area contributed by atoms with Crippen LogP contribution in [0.1, 0.15) is 29.6 Å². The fourth-order valence-corrected chi connectivity index (χ4v) is 3.12. The molecule has 0 bridgehead atoms. The largest absolute Gasteiger partial charge is 0.352 e. The minimum absolute atomic E-state index is 0.160. The Balaban J connectivity index is 2.08. The first-order valence-corrected chi connectivity index (χ1v) is 8.55. The van der Waals surface area contributed by atoms with E-state index in [4.69, 9.17) is 16.7 Å². The molecule has 1 amide bonds. The summed E-state index contributed by atoms with van der Waals surface area (Å²) in [6.07, 6.45) is 7.24. The second kappa shape index (κ2) is 6.60. The second-order valence-electron chi connectivity index (χ2n) is 5.08. The van der Waals surface area contributed by atoms with Crippen LogP contribution in [0.4, 0.5) is 0 Å². The lowest BCUT2D eigenvalue weighted by atomic mass is 9.94. The molecule has 0 fully saturated rings. The maximum absolute atomic E-state index is 12.1. The third-order valence-electron chi connectivity index (χ3n) is 3.39. The first-order valence-electron chi connectivity index (χ1n) is 6.63. The van der Waals surface area contributed by atoms with Gasteiger partial charge in [-0.3, -0.25) is 4.79 Å². The number of nitrogens with one attached hydrogen (secondary N) is 1. The molecule has 114 valence electrons. The fourth-order valence-electron chi connectivity index (χ4n) is 2.24. The van der Waals surface area contributed by atoms with Crippen LogP contribution in [-0.2, 0) is 10.0 Å². The highest BCUT2D eigenvalue weighted by Crippen LogP contribution is 2.19. The van der Waals surface area contributed by atoms with Crippen molar-refractivity contribution in [1.29, 1.82) is 0 Å². The van der Waals surface area contributed by atoms with Gasteiger partial charge in [-0.15, -0.1) is 0 Å². The molecule has 0 saturated carbocycles. The number of allylic oxidation sites excluding steroid dienone is 2. The minimum Gasteiger partial charge on any atom is -0.352 e. The van der Waals surface area contributed by atoms with Crippen molar-refractivity contribution in [1.82, 2.24) is 5.32 Å². The van der Waals surface area contributed by atoms with Crippen molar-refractivity contribution in [3.8, 4) is 0 Å². The summed E-state index contributed by atoms with van der Waals surface area (Å²) in [4.78, 5) is 11.9. The number of primary sulfonamides is 1. The number of nitrogens with two attached hydrogens (primary N) is 1. The summed E-state index contributed by atoms with van der Waals surface area (Å²) in [5.41, 5.74) is 0.192. The van der Waals surface area contributed by atoms with Crippen molar-refractivity contribution < 1.29 is 13.2 Å². The Morgan fingerprint density at radius 2 is 2.10 bits per heavy atom. The topological polar surface area (TPSA) is 89.3 Å². The Bertz CT molecular complexity index is 671. The lowest BCUT2D eigenvalue weighted by Crippen LogP contribution is -2.30. The van der Waals surface area contributed by atoms with Crippen LogP contribution in [0.3, 0.4) is 0 Å². The maximum Gasteiger partial charge on any atom is 0.251 e. The molecule has 0 spiro atoms. The Kier molecular flexibility index (Phi) is 5.03. The number of hydrogen-bond acceptors (Lipinski definition) is 3. The van der Waals surface area contributed by atoms with Crippen molar-refractivity contribution in [2.45, 2.75) is 24.2 Å². The number of benzene rings is 1. The molecule has 2 rings (SSSR count). The highest BCUT2D eigenvalue weighted by molar-refractivity contribution is 7.89. The molecule has 1 aromatic rings. The molecule has 5 nitrogen and oxygen atoms in total. The SMILES string of the molecule is NS(=O)(=O)c1cc(Cl)cc(C(=O)NCC2CC=CCC2)c1. The molecule has 0 aromatic heterocycles. The van der Waals surface area contributed by atoms with Crippen LogP contribution in [0.25, 0.3) is 0 Å². The first kappa shape index (κ1) is 16.0. The number of rotatable bonds is 4. The van der Waals surface area contributed by atoms with Gasteiger partial charge < -0.3 is 5.32 Å². The Morgan fingerprint density at radius 1 is 1.33 bits per heavy atom. The summed E-state index contributed by atoms with van der Waals surface area (Å²) in [6.45, 7) is 0.556. The van der Waals surface area contributed by atoms with Gasteiger partial charge in [0.25, 0.3) is 5.91 Å². The van der Waals surface area contributed by atoms with Gasteiger partial charge >= 0.3 is 0 Å². The number of halogens is 1. The minimum atomic E-state index is -3.89. The third-order valence-corrected chi connectivity index (χ3v) is 4.50. The van der Waals surface area contributed by atoms with E-state index in [1.165, 1.54) is 18.2 Å². The van der Waals surface area contributed by atoms with Crippen molar-refractivity contribution >= 4 is 27.5 Å². The van der Waals surface area contributed by atoms with Gasteiger partial charge in [0.1, 0.15) is 0 Å². The molecule has 1 unspecified atom stereocenters. The Hall–Kier alpha value is -1.37. The zero-order valence-electron chi connectivity index (χ0n) is 11.4. The van der Waals surface area contributed by atoms with Crippen LogP contribution in [-0.4, -0.2) is 20.9 Å². The zero-order valence-corrected chi connectivity index (χ0v) is 13.0. The van der Waals surface area contributed by atoms with Gasteiger partial charge in [0.15, 0.2) is 0 Å². The molecule has 3 N–H and O–H groups in total. The van der Waals surface area contributed by atoms with E-state index >= 15 is 0 Å². The van der Waals surface area contributed by atoms with E-state index in [-0.39, 0.29) is 21.4 Å². The van der Waals surface area contributed by atoms with Crippen LogP contribution < -0.4 is 10.5 Å². The Labute approximate surface area is 129 Å². The molecule has 1 aliphatic rings. The Morgan fingerprint density at radius 3 is 2.71 bits per heavy atom. The average Bonchev–Trinajstić information content (AvgIpc) is 2.44.